The van der Waals surface area contributed by atoms with Crippen molar-refractivity contribution in [3.63, 3.8) is 0 Å². The van der Waals surface area contributed by atoms with E-state index in [1.807, 2.05) is 19.4 Å². The first-order chi connectivity index (χ1) is 18.1. The molecule has 0 aromatic rings. The van der Waals surface area contributed by atoms with Gasteiger partial charge in [0.15, 0.2) is 0 Å². The zero-order valence-corrected chi connectivity index (χ0v) is 25.5. The lowest BCUT2D eigenvalue weighted by atomic mass is 10.0. The monoisotopic (exact) mass is 518 g/mol. The van der Waals surface area contributed by atoms with E-state index in [9.17, 15) is 4.79 Å². The second-order valence-corrected chi connectivity index (χ2v) is 11.9. The highest BCUT2D eigenvalue weighted by Gasteiger charge is 2.37. The smallest absolute Gasteiger partial charge is 0.230 e. The molecule has 0 aliphatic carbocycles. The van der Waals surface area contributed by atoms with Gasteiger partial charge < -0.3 is 0 Å². The van der Waals surface area contributed by atoms with E-state index in [2.05, 4.69) is 18.8 Å². The second kappa shape index (κ2) is 24.1. The van der Waals surface area contributed by atoms with E-state index in [4.69, 9.17) is 0 Å². The largest absolute Gasteiger partial charge is 0.324 e. The molecule has 0 aromatic carbocycles. The Labute approximate surface area is 232 Å². The fourth-order valence-electron chi connectivity index (χ4n) is 5.63. The summed E-state index contributed by atoms with van der Waals surface area (Å²) in [7, 11) is 2.05. The Morgan fingerprint density at radius 1 is 0.568 bits per heavy atom. The highest BCUT2D eigenvalue weighted by atomic mass is 16.2. The number of carbonyl (C=O) groups is 1. The molecule has 0 aromatic heterocycles. The minimum absolute atomic E-state index is 0.328. The van der Waals surface area contributed by atoms with Crippen LogP contribution in [0.25, 0.3) is 0 Å². The van der Waals surface area contributed by atoms with Gasteiger partial charge in [0, 0.05) is 6.42 Å². The van der Waals surface area contributed by atoms with Crippen molar-refractivity contribution in [3.8, 4) is 0 Å². The zero-order valence-electron chi connectivity index (χ0n) is 25.5. The quantitative estimate of drug-likeness (QED) is 0.0786. The summed E-state index contributed by atoms with van der Waals surface area (Å²) >= 11 is 0. The third-order valence-electron chi connectivity index (χ3n) is 8.39. The van der Waals surface area contributed by atoms with Gasteiger partial charge in [-0.15, -0.1) is 0 Å². The molecule has 1 unspecified atom stereocenters. The second-order valence-electron chi connectivity index (χ2n) is 11.9. The standard InChI is InChI=1S/C34H65N2O/c1-4-6-8-10-12-14-16-17-18-20-22-24-26-28-30-34(37)36(3)32-31-35-33(36)29-27-25-23-21-19-15-13-11-9-7-5-2/h31-32H,4-30H2,1-3H3/q+1. The predicted octanol–water partition coefficient (Wildman–Crippen LogP) is 11.4. The molecular weight excluding hydrogens is 452 g/mol. The van der Waals surface area contributed by atoms with Gasteiger partial charge in [0.25, 0.3) is 0 Å². The lowest BCUT2D eigenvalue weighted by Gasteiger charge is -2.25. The number of hydrogen-bond acceptors (Lipinski definition) is 2. The van der Waals surface area contributed by atoms with Crippen molar-refractivity contribution in [3.05, 3.63) is 12.4 Å². The molecule has 1 rings (SSSR count). The molecule has 0 radical (unpaired) electrons. The van der Waals surface area contributed by atoms with Gasteiger partial charge in [0.1, 0.15) is 6.20 Å². The van der Waals surface area contributed by atoms with Gasteiger partial charge in [-0.05, 0) is 12.8 Å². The number of amidine groups is 1. The topological polar surface area (TPSA) is 29.4 Å². The van der Waals surface area contributed by atoms with Crippen molar-refractivity contribution >= 4 is 11.7 Å². The van der Waals surface area contributed by atoms with Gasteiger partial charge in [-0.25, -0.2) is 9.79 Å². The molecule has 1 aliphatic heterocycles. The van der Waals surface area contributed by atoms with E-state index >= 15 is 0 Å². The molecule has 1 heterocycles. The lowest BCUT2D eigenvalue weighted by Crippen LogP contribution is -2.47. The predicted molar refractivity (Wildman–Crippen MR) is 164 cm³/mol. The maximum atomic E-state index is 13.0. The minimum atomic E-state index is 0.328. The number of rotatable bonds is 27. The molecule has 3 heteroatoms. The maximum Gasteiger partial charge on any atom is 0.324 e. The molecule has 3 nitrogen and oxygen atoms in total. The van der Waals surface area contributed by atoms with Crippen LogP contribution in [0.15, 0.2) is 17.4 Å². The number of unbranched alkanes of at least 4 members (excludes halogenated alkanes) is 23. The fraction of sp³-hybridized carbons (Fsp3) is 0.882. The van der Waals surface area contributed by atoms with E-state index in [0.717, 1.165) is 25.1 Å². The Morgan fingerprint density at radius 3 is 1.32 bits per heavy atom. The molecule has 0 bridgehead atoms. The number of aliphatic imine (C=N–C) groups is 1. The molecule has 0 saturated heterocycles. The van der Waals surface area contributed by atoms with Crippen LogP contribution in [-0.4, -0.2) is 23.3 Å². The Balaban J connectivity index is 1.99. The summed E-state index contributed by atoms with van der Waals surface area (Å²) in [4.78, 5) is 17.6. The summed E-state index contributed by atoms with van der Waals surface area (Å²) in [6.45, 7) is 4.57. The van der Waals surface area contributed by atoms with Crippen molar-refractivity contribution in [2.45, 2.75) is 187 Å². The van der Waals surface area contributed by atoms with Gasteiger partial charge in [-0.3, -0.25) is 0 Å². The zero-order chi connectivity index (χ0) is 26.9. The molecule has 0 fully saturated rings. The van der Waals surface area contributed by atoms with Crippen LogP contribution in [0.5, 0.6) is 0 Å². The average molecular weight is 518 g/mol. The van der Waals surface area contributed by atoms with Crippen LogP contribution in [0, 0.1) is 0 Å². The van der Waals surface area contributed by atoms with Crippen LogP contribution in [-0.2, 0) is 4.79 Å². The molecule has 1 atom stereocenters. The maximum absolute atomic E-state index is 13.0. The first kappa shape index (κ1) is 34.1. The number of nitrogens with zero attached hydrogens (tertiary/aromatic N) is 2. The van der Waals surface area contributed by atoms with Gasteiger partial charge in [0.05, 0.1) is 19.7 Å². The Hall–Kier alpha value is -0.960. The van der Waals surface area contributed by atoms with Gasteiger partial charge in [-0.2, -0.15) is 4.48 Å². The summed E-state index contributed by atoms with van der Waals surface area (Å²) in [6, 6.07) is 0. The summed E-state index contributed by atoms with van der Waals surface area (Å²) in [5, 5.41) is 0. The van der Waals surface area contributed by atoms with Crippen molar-refractivity contribution in [1.29, 1.82) is 0 Å². The molecule has 37 heavy (non-hydrogen) atoms. The van der Waals surface area contributed by atoms with E-state index < -0.39 is 0 Å². The molecule has 0 saturated carbocycles. The summed E-state index contributed by atoms with van der Waals surface area (Å²) in [6.07, 6.45) is 39.4. The van der Waals surface area contributed by atoms with Crippen LogP contribution < -0.4 is 0 Å². The van der Waals surface area contributed by atoms with E-state index in [1.54, 1.807) is 0 Å². The number of hydrogen-bond donors (Lipinski definition) is 0. The Morgan fingerprint density at radius 2 is 0.919 bits per heavy atom. The SMILES string of the molecule is CCCCCCCCCCCCCCCCC(=O)[N+]1(C)C=CN=C1CCCCCCCCCCCCC. The number of amides is 1. The van der Waals surface area contributed by atoms with Crippen molar-refractivity contribution in [2.75, 3.05) is 7.05 Å². The third-order valence-corrected chi connectivity index (χ3v) is 8.39. The normalized spacial score (nSPS) is 17.0. The van der Waals surface area contributed by atoms with Gasteiger partial charge >= 0.3 is 5.91 Å². The molecule has 216 valence electrons. The van der Waals surface area contributed by atoms with Crippen LogP contribution >= 0.6 is 0 Å². The minimum Gasteiger partial charge on any atom is -0.230 e. The molecular formula is C34H65N2O+. The average Bonchev–Trinajstić information content (AvgIpc) is 3.28. The third kappa shape index (κ3) is 17.3. The molecule has 0 N–H and O–H groups in total. The van der Waals surface area contributed by atoms with E-state index in [1.165, 1.54) is 148 Å². The van der Waals surface area contributed by atoms with E-state index in [-0.39, 0.29) is 0 Å². The number of carbonyl (C=O) groups excluding carboxylic acids is 1. The Bertz CT molecular complexity index is 597. The molecule has 1 amide bonds. The fourth-order valence-corrected chi connectivity index (χ4v) is 5.63. The van der Waals surface area contributed by atoms with Gasteiger partial charge in [0.2, 0.25) is 5.84 Å². The molecule has 0 spiro atoms. The van der Waals surface area contributed by atoms with Crippen molar-refractivity contribution in [1.82, 2.24) is 0 Å². The first-order valence-corrected chi connectivity index (χ1v) is 16.8. The van der Waals surface area contributed by atoms with Gasteiger partial charge in [-0.1, -0.05) is 162 Å². The summed E-state index contributed by atoms with van der Waals surface area (Å²) in [5.41, 5.74) is 0. The first-order valence-electron chi connectivity index (χ1n) is 16.8. The van der Waals surface area contributed by atoms with E-state index in [0.29, 0.717) is 16.8 Å². The van der Waals surface area contributed by atoms with Crippen LogP contribution in [0.3, 0.4) is 0 Å². The van der Waals surface area contributed by atoms with Crippen LogP contribution in [0.4, 0.5) is 0 Å². The number of quaternary nitrogens is 1. The lowest BCUT2D eigenvalue weighted by molar-refractivity contribution is -0.683. The highest BCUT2D eigenvalue weighted by Crippen LogP contribution is 2.22. The van der Waals surface area contributed by atoms with Crippen LogP contribution in [0.1, 0.15) is 187 Å². The van der Waals surface area contributed by atoms with Crippen LogP contribution in [0.2, 0.25) is 0 Å². The Kier molecular flexibility index (Phi) is 22.2. The highest BCUT2D eigenvalue weighted by molar-refractivity contribution is 5.90. The van der Waals surface area contributed by atoms with Crippen molar-refractivity contribution in [2.24, 2.45) is 4.99 Å². The summed E-state index contributed by atoms with van der Waals surface area (Å²) < 4.78 is 0.330. The van der Waals surface area contributed by atoms with Crippen molar-refractivity contribution < 1.29 is 9.28 Å². The summed E-state index contributed by atoms with van der Waals surface area (Å²) in [5.74, 6) is 1.39. The molecule has 1 aliphatic rings.